The van der Waals surface area contributed by atoms with Crippen LogP contribution in [0.1, 0.15) is 32.1 Å². The fourth-order valence-electron chi connectivity index (χ4n) is 3.67. The number of H-pyrrole nitrogens is 1. The molecule has 1 aliphatic carbocycles. The van der Waals surface area contributed by atoms with Crippen LogP contribution in [0.4, 0.5) is 0 Å². The first-order valence-electron chi connectivity index (χ1n) is 9.17. The van der Waals surface area contributed by atoms with Gasteiger partial charge in [-0.05, 0) is 43.7 Å². The van der Waals surface area contributed by atoms with Crippen LogP contribution in [0.5, 0.6) is 0 Å². The molecule has 1 aromatic carbocycles. The number of aromatic amines is 1. The zero-order valence-corrected chi connectivity index (χ0v) is 14.9. The number of nitrogens with one attached hydrogen (secondary N) is 2. The highest BCUT2D eigenvalue weighted by molar-refractivity contribution is 5.79. The molecule has 1 aliphatic rings. The molecule has 2 aromatic rings. The number of hydrogen-bond donors (Lipinski definition) is 3. The third-order valence-corrected chi connectivity index (χ3v) is 5.19. The van der Waals surface area contributed by atoms with Crippen LogP contribution in [0.2, 0.25) is 0 Å². The van der Waals surface area contributed by atoms with Crippen molar-refractivity contribution in [1.82, 2.24) is 14.9 Å². The van der Waals surface area contributed by atoms with E-state index in [0.717, 1.165) is 12.8 Å². The molecule has 0 unspecified atom stereocenters. The molecule has 8 nitrogen and oxygen atoms in total. The van der Waals surface area contributed by atoms with Gasteiger partial charge in [-0.15, -0.1) is 0 Å². The zero-order valence-electron chi connectivity index (χ0n) is 14.9. The van der Waals surface area contributed by atoms with Gasteiger partial charge in [-0.1, -0.05) is 12.1 Å². The molecular formula is C19H23N3O5. The summed E-state index contributed by atoms with van der Waals surface area (Å²) in [5, 5.41) is 11.8. The minimum Gasteiger partial charge on any atom is -0.481 e. The number of para-hydroxylation sites is 1. The molecular weight excluding hydrogens is 350 g/mol. The number of aliphatic carboxylic acids is 1. The number of rotatable bonds is 6. The second kappa shape index (κ2) is 8.20. The monoisotopic (exact) mass is 373 g/mol. The maximum atomic E-state index is 12.6. The maximum Gasteiger partial charge on any atom is 0.328 e. The van der Waals surface area contributed by atoms with Gasteiger partial charge in [0.15, 0.2) is 0 Å². The molecule has 0 bridgehead atoms. The summed E-state index contributed by atoms with van der Waals surface area (Å²) in [4.78, 5) is 50.2. The van der Waals surface area contributed by atoms with Gasteiger partial charge in [0.25, 0.3) is 5.56 Å². The van der Waals surface area contributed by atoms with Gasteiger partial charge in [-0.2, -0.15) is 0 Å². The van der Waals surface area contributed by atoms with Crippen molar-refractivity contribution in [2.24, 2.45) is 11.8 Å². The standard InChI is InChI=1S/C19H23N3O5/c23-16(24)9-10-20-17(25)13-7-5-12(6-8-13)11-22-18(26)14-3-1-2-4-15(14)21-19(22)27/h1-4,12-13H,5-11H2,(H,20,25)(H,21,27)(H,23,24). The third-order valence-electron chi connectivity index (χ3n) is 5.19. The van der Waals surface area contributed by atoms with Crippen molar-refractivity contribution in [3.05, 3.63) is 45.1 Å². The molecule has 0 atom stereocenters. The minimum absolute atomic E-state index is 0.0885. The van der Waals surface area contributed by atoms with Crippen LogP contribution in [0.15, 0.2) is 33.9 Å². The van der Waals surface area contributed by atoms with Crippen LogP contribution in [0, 0.1) is 11.8 Å². The molecule has 27 heavy (non-hydrogen) atoms. The van der Waals surface area contributed by atoms with Crippen LogP contribution in [0.25, 0.3) is 10.9 Å². The maximum absolute atomic E-state index is 12.6. The summed E-state index contributed by atoms with van der Waals surface area (Å²) in [7, 11) is 0. The van der Waals surface area contributed by atoms with Crippen molar-refractivity contribution < 1.29 is 14.7 Å². The van der Waals surface area contributed by atoms with Gasteiger partial charge in [0, 0.05) is 19.0 Å². The molecule has 1 amide bonds. The Morgan fingerprint density at radius 2 is 1.85 bits per heavy atom. The van der Waals surface area contributed by atoms with Crippen molar-refractivity contribution in [2.75, 3.05) is 6.54 Å². The number of fused-ring (bicyclic) bond motifs is 1. The Morgan fingerprint density at radius 1 is 1.15 bits per heavy atom. The second-order valence-electron chi connectivity index (χ2n) is 7.04. The normalized spacial score (nSPS) is 19.7. The summed E-state index contributed by atoms with van der Waals surface area (Å²) in [6.07, 6.45) is 2.74. The van der Waals surface area contributed by atoms with Gasteiger partial charge in [-0.25, -0.2) is 4.79 Å². The largest absolute Gasteiger partial charge is 0.481 e. The summed E-state index contributed by atoms with van der Waals surface area (Å²) in [6, 6.07) is 6.94. The van der Waals surface area contributed by atoms with Crippen molar-refractivity contribution in [3.63, 3.8) is 0 Å². The van der Waals surface area contributed by atoms with E-state index in [1.807, 2.05) is 0 Å². The number of aromatic nitrogens is 2. The van der Waals surface area contributed by atoms with Crippen molar-refractivity contribution >= 4 is 22.8 Å². The van der Waals surface area contributed by atoms with E-state index in [1.165, 1.54) is 4.57 Å². The number of carbonyl (C=O) groups excluding carboxylic acids is 1. The molecule has 0 aliphatic heterocycles. The van der Waals surface area contributed by atoms with E-state index in [1.54, 1.807) is 24.3 Å². The highest BCUT2D eigenvalue weighted by Crippen LogP contribution is 2.29. The van der Waals surface area contributed by atoms with Crippen LogP contribution < -0.4 is 16.6 Å². The highest BCUT2D eigenvalue weighted by atomic mass is 16.4. The van der Waals surface area contributed by atoms with E-state index in [9.17, 15) is 19.2 Å². The third kappa shape index (κ3) is 4.45. The first-order valence-corrected chi connectivity index (χ1v) is 9.17. The van der Waals surface area contributed by atoms with Gasteiger partial charge in [-0.3, -0.25) is 19.0 Å². The average molecular weight is 373 g/mol. The number of hydrogen-bond acceptors (Lipinski definition) is 4. The van der Waals surface area contributed by atoms with Crippen LogP contribution >= 0.6 is 0 Å². The molecule has 3 N–H and O–H groups in total. The van der Waals surface area contributed by atoms with Gasteiger partial charge >= 0.3 is 11.7 Å². The Labute approximate surface area is 155 Å². The molecule has 1 saturated carbocycles. The smallest absolute Gasteiger partial charge is 0.328 e. The van der Waals surface area contributed by atoms with E-state index in [2.05, 4.69) is 10.3 Å². The molecule has 0 saturated heterocycles. The van der Waals surface area contributed by atoms with E-state index in [-0.39, 0.29) is 36.3 Å². The van der Waals surface area contributed by atoms with E-state index >= 15 is 0 Å². The number of amides is 1. The number of benzene rings is 1. The number of carbonyl (C=O) groups is 2. The van der Waals surface area contributed by atoms with E-state index in [4.69, 9.17) is 5.11 Å². The summed E-state index contributed by atoms with van der Waals surface area (Å²) < 4.78 is 1.25. The lowest BCUT2D eigenvalue weighted by Gasteiger charge is -2.28. The molecule has 1 fully saturated rings. The molecule has 3 rings (SSSR count). The number of carboxylic acid groups (broad SMARTS) is 1. The summed E-state index contributed by atoms with van der Waals surface area (Å²) in [6.45, 7) is 0.475. The van der Waals surface area contributed by atoms with E-state index in [0.29, 0.717) is 30.3 Å². The fraction of sp³-hybridized carbons (Fsp3) is 0.474. The zero-order chi connectivity index (χ0) is 19.4. The Morgan fingerprint density at radius 3 is 2.56 bits per heavy atom. The summed E-state index contributed by atoms with van der Waals surface area (Å²) in [5.41, 5.74) is -0.166. The molecule has 0 radical (unpaired) electrons. The molecule has 8 heteroatoms. The van der Waals surface area contributed by atoms with Crippen molar-refractivity contribution in [3.8, 4) is 0 Å². The first kappa shape index (κ1) is 18.9. The number of carboxylic acids is 1. The summed E-state index contributed by atoms with van der Waals surface area (Å²) in [5.74, 6) is -1.03. The second-order valence-corrected chi connectivity index (χ2v) is 7.04. The van der Waals surface area contributed by atoms with E-state index < -0.39 is 11.7 Å². The first-order chi connectivity index (χ1) is 13.0. The molecule has 0 spiro atoms. The van der Waals surface area contributed by atoms with Gasteiger partial charge in [0.1, 0.15) is 0 Å². The molecule has 1 aromatic heterocycles. The van der Waals surface area contributed by atoms with Gasteiger partial charge in [0.05, 0.1) is 17.3 Å². The van der Waals surface area contributed by atoms with Crippen LogP contribution in [0.3, 0.4) is 0 Å². The molecule has 1 heterocycles. The Kier molecular flexibility index (Phi) is 5.73. The molecule has 144 valence electrons. The lowest BCUT2D eigenvalue weighted by atomic mass is 9.81. The lowest BCUT2D eigenvalue weighted by molar-refractivity contribution is -0.137. The quantitative estimate of drug-likeness (QED) is 0.700. The lowest BCUT2D eigenvalue weighted by Crippen LogP contribution is -2.39. The van der Waals surface area contributed by atoms with Crippen molar-refractivity contribution in [1.29, 1.82) is 0 Å². The Hall–Kier alpha value is -2.90. The predicted molar refractivity (Wildman–Crippen MR) is 99.5 cm³/mol. The predicted octanol–water partition coefficient (Wildman–Crippen LogP) is 1.09. The summed E-state index contributed by atoms with van der Waals surface area (Å²) >= 11 is 0. The van der Waals surface area contributed by atoms with Gasteiger partial charge in [0.2, 0.25) is 5.91 Å². The topological polar surface area (TPSA) is 121 Å². The van der Waals surface area contributed by atoms with Crippen LogP contribution in [-0.2, 0) is 16.1 Å². The SMILES string of the molecule is O=C(O)CCNC(=O)C1CCC(Cn2c(=O)[nH]c3ccccc3c2=O)CC1. The Balaban J connectivity index is 1.61. The fourth-order valence-corrected chi connectivity index (χ4v) is 3.67. The van der Waals surface area contributed by atoms with Crippen molar-refractivity contribution in [2.45, 2.75) is 38.6 Å². The Bertz CT molecular complexity index is 954. The van der Waals surface area contributed by atoms with Crippen LogP contribution in [-0.4, -0.2) is 33.1 Å². The van der Waals surface area contributed by atoms with Gasteiger partial charge < -0.3 is 15.4 Å². The minimum atomic E-state index is -0.940. The average Bonchev–Trinajstić information content (AvgIpc) is 2.65. The number of nitrogens with zero attached hydrogens (tertiary/aromatic N) is 1. The highest BCUT2D eigenvalue weighted by Gasteiger charge is 2.27.